The number of hydrogen-bond acceptors (Lipinski definition) is 8. The van der Waals surface area contributed by atoms with Gasteiger partial charge in [-0.25, -0.2) is 0 Å². The van der Waals surface area contributed by atoms with E-state index in [1.54, 1.807) is 14.2 Å². The molecule has 10 nitrogen and oxygen atoms in total. The monoisotopic (exact) mass is 660 g/mol. The van der Waals surface area contributed by atoms with Gasteiger partial charge in [0.25, 0.3) is 0 Å². The average molecular weight is 661 g/mol. The number of ether oxygens (including phenoxy) is 4. The molecule has 3 atom stereocenters. The van der Waals surface area contributed by atoms with Crippen molar-refractivity contribution in [3.63, 3.8) is 0 Å². The Labute approximate surface area is 283 Å². The number of carbonyl (C=O) groups is 2. The number of aliphatic hydroxyl groups is 1. The van der Waals surface area contributed by atoms with Crippen LogP contribution in [0.2, 0.25) is 0 Å². The molecule has 0 aromatic heterocycles. The van der Waals surface area contributed by atoms with Gasteiger partial charge in [-0.3, -0.25) is 14.5 Å². The Bertz CT molecular complexity index is 1490. The average Bonchev–Trinajstić information content (AvgIpc) is 3.11. The first-order valence-corrected chi connectivity index (χ1v) is 16.9. The summed E-state index contributed by atoms with van der Waals surface area (Å²) in [6.45, 7) is 2.88. The number of unbranched alkanes of at least 4 members (excludes halogenated alkanes) is 3. The SMILES string of the molecule is COc1cc2c(cc1OC)CN(C[C@@H]1C[C@H](c3ccc(CO)cc3)O[C@H](c3ccc(CNC(=O)CCCCCCC(=O)O)cc3)O1)CC2. The van der Waals surface area contributed by atoms with E-state index in [1.165, 1.54) is 11.1 Å². The van der Waals surface area contributed by atoms with E-state index in [2.05, 4.69) is 22.3 Å². The number of nitrogens with zero attached hydrogens (tertiary/aromatic N) is 1. The van der Waals surface area contributed by atoms with E-state index < -0.39 is 12.3 Å². The smallest absolute Gasteiger partial charge is 0.303 e. The van der Waals surface area contributed by atoms with Gasteiger partial charge >= 0.3 is 5.97 Å². The largest absolute Gasteiger partial charge is 0.493 e. The van der Waals surface area contributed by atoms with Gasteiger partial charge in [0.05, 0.1) is 33.0 Å². The van der Waals surface area contributed by atoms with Gasteiger partial charge in [0.1, 0.15) is 0 Å². The fourth-order valence-corrected chi connectivity index (χ4v) is 6.42. The molecule has 258 valence electrons. The van der Waals surface area contributed by atoms with Crippen molar-refractivity contribution in [2.45, 2.75) is 89.6 Å². The van der Waals surface area contributed by atoms with Crippen LogP contribution < -0.4 is 14.8 Å². The summed E-state index contributed by atoms with van der Waals surface area (Å²) in [5.74, 6) is 0.707. The number of amides is 1. The van der Waals surface area contributed by atoms with Crippen LogP contribution in [-0.4, -0.2) is 60.4 Å². The quantitative estimate of drug-likeness (QED) is 0.162. The van der Waals surface area contributed by atoms with Crippen LogP contribution in [-0.2, 0) is 45.2 Å². The van der Waals surface area contributed by atoms with Crippen molar-refractivity contribution < 1.29 is 38.7 Å². The molecule has 3 aromatic carbocycles. The summed E-state index contributed by atoms with van der Waals surface area (Å²) in [5, 5.41) is 21.3. The molecule has 0 aliphatic carbocycles. The molecule has 5 rings (SSSR count). The number of carboxylic acids is 1. The molecule has 0 saturated carbocycles. The van der Waals surface area contributed by atoms with Gasteiger partial charge in [0, 0.05) is 51.0 Å². The first kappa shape index (κ1) is 35.3. The van der Waals surface area contributed by atoms with Crippen molar-refractivity contribution in [3.05, 3.63) is 94.0 Å². The molecular formula is C38H48N2O8. The third kappa shape index (κ3) is 9.79. The third-order valence-electron chi connectivity index (χ3n) is 9.16. The number of nitrogens with one attached hydrogen (secondary N) is 1. The Morgan fingerprint density at radius 3 is 2.17 bits per heavy atom. The number of carboxylic acid groups (broad SMARTS) is 1. The lowest BCUT2D eigenvalue weighted by Gasteiger charge is -2.39. The van der Waals surface area contributed by atoms with Crippen molar-refractivity contribution in [1.82, 2.24) is 10.2 Å². The Hall–Kier alpha value is -3.96. The van der Waals surface area contributed by atoms with E-state index in [9.17, 15) is 14.7 Å². The highest BCUT2D eigenvalue weighted by Gasteiger charge is 2.34. The summed E-state index contributed by atoms with van der Waals surface area (Å²) >= 11 is 0. The van der Waals surface area contributed by atoms with Crippen LogP contribution in [0.1, 0.15) is 90.7 Å². The minimum Gasteiger partial charge on any atom is -0.493 e. The van der Waals surface area contributed by atoms with Crippen LogP contribution in [0.25, 0.3) is 0 Å². The van der Waals surface area contributed by atoms with Crippen LogP contribution in [0.4, 0.5) is 0 Å². The van der Waals surface area contributed by atoms with Crippen LogP contribution >= 0.6 is 0 Å². The second-order valence-electron chi connectivity index (χ2n) is 12.6. The van der Waals surface area contributed by atoms with Gasteiger partial charge in [-0.2, -0.15) is 0 Å². The molecule has 2 aliphatic heterocycles. The number of hydrogen-bond donors (Lipinski definition) is 3. The number of fused-ring (bicyclic) bond motifs is 1. The normalized spacial score (nSPS) is 19.4. The van der Waals surface area contributed by atoms with Gasteiger partial charge in [-0.05, 0) is 59.2 Å². The molecule has 0 unspecified atom stereocenters. The summed E-state index contributed by atoms with van der Waals surface area (Å²) in [6.07, 6.45) is 4.48. The predicted molar refractivity (Wildman–Crippen MR) is 181 cm³/mol. The topological polar surface area (TPSA) is 127 Å². The zero-order chi connectivity index (χ0) is 33.9. The zero-order valence-corrected chi connectivity index (χ0v) is 28.0. The van der Waals surface area contributed by atoms with Crippen molar-refractivity contribution in [2.24, 2.45) is 0 Å². The van der Waals surface area contributed by atoms with E-state index in [-0.39, 0.29) is 31.1 Å². The van der Waals surface area contributed by atoms with Gasteiger partial charge in [-0.15, -0.1) is 0 Å². The highest BCUT2D eigenvalue weighted by Crippen LogP contribution is 2.39. The molecule has 1 amide bonds. The van der Waals surface area contributed by atoms with E-state index in [0.29, 0.717) is 25.8 Å². The van der Waals surface area contributed by atoms with E-state index in [0.717, 1.165) is 79.1 Å². The second kappa shape index (κ2) is 17.4. The standard InChI is InChI=1S/C38H48N2O8/c1-45-34-19-30-17-18-40(23-31(30)20-35(34)46-2)24-32-21-33(28-13-11-27(25-41)12-14-28)48-38(47-32)29-15-9-26(10-16-29)22-39-36(42)7-5-3-4-6-8-37(43)44/h9-16,19-20,32-33,38,41H,3-8,17-18,21-25H2,1-2H3,(H,39,42)(H,43,44)/t32-,33+,38+/m0/s1. The highest BCUT2D eigenvalue weighted by molar-refractivity contribution is 5.75. The summed E-state index contributed by atoms with van der Waals surface area (Å²) in [7, 11) is 3.32. The fourth-order valence-electron chi connectivity index (χ4n) is 6.42. The highest BCUT2D eigenvalue weighted by atomic mass is 16.7. The maximum atomic E-state index is 12.3. The minimum absolute atomic E-state index is 0.00530. The van der Waals surface area contributed by atoms with Crippen LogP contribution in [0.3, 0.4) is 0 Å². The summed E-state index contributed by atoms with van der Waals surface area (Å²) < 4.78 is 24.2. The van der Waals surface area contributed by atoms with Crippen LogP contribution in [0.5, 0.6) is 11.5 Å². The molecular weight excluding hydrogens is 612 g/mol. The molecule has 2 aliphatic rings. The van der Waals surface area contributed by atoms with Gasteiger partial charge in [0.15, 0.2) is 17.8 Å². The molecule has 0 radical (unpaired) electrons. The lowest BCUT2D eigenvalue weighted by Crippen LogP contribution is -2.41. The first-order chi connectivity index (χ1) is 23.3. The van der Waals surface area contributed by atoms with Crippen LogP contribution in [0, 0.1) is 0 Å². The number of carbonyl (C=O) groups excluding carboxylic acids is 1. The molecule has 48 heavy (non-hydrogen) atoms. The van der Waals surface area contributed by atoms with Gasteiger partial charge < -0.3 is 34.5 Å². The summed E-state index contributed by atoms with van der Waals surface area (Å²) in [6, 6.07) is 20.1. The molecule has 1 saturated heterocycles. The maximum absolute atomic E-state index is 12.3. The molecule has 2 heterocycles. The number of aliphatic hydroxyl groups excluding tert-OH is 1. The molecule has 3 aromatic rings. The predicted octanol–water partition coefficient (Wildman–Crippen LogP) is 5.84. The Morgan fingerprint density at radius 2 is 1.50 bits per heavy atom. The van der Waals surface area contributed by atoms with E-state index >= 15 is 0 Å². The van der Waals surface area contributed by atoms with Crippen molar-refractivity contribution in [3.8, 4) is 11.5 Å². The zero-order valence-electron chi connectivity index (χ0n) is 28.0. The lowest BCUT2D eigenvalue weighted by molar-refractivity contribution is -0.253. The Kier molecular flexibility index (Phi) is 12.8. The lowest BCUT2D eigenvalue weighted by atomic mass is 9.97. The molecule has 1 fully saturated rings. The Balaban J connectivity index is 1.20. The maximum Gasteiger partial charge on any atom is 0.303 e. The summed E-state index contributed by atoms with van der Waals surface area (Å²) in [5.41, 5.74) is 6.31. The van der Waals surface area contributed by atoms with Crippen molar-refractivity contribution in [2.75, 3.05) is 27.3 Å². The van der Waals surface area contributed by atoms with Crippen molar-refractivity contribution in [1.29, 1.82) is 0 Å². The number of methoxy groups -OCH3 is 2. The number of benzene rings is 3. The number of rotatable bonds is 16. The van der Waals surface area contributed by atoms with E-state index in [1.807, 2.05) is 48.5 Å². The first-order valence-electron chi connectivity index (χ1n) is 16.9. The third-order valence-corrected chi connectivity index (χ3v) is 9.16. The van der Waals surface area contributed by atoms with Gasteiger partial charge in [0.2, 0.25) is 5.91 Å². The Morgan fingerprint density at radius 1 is 0.854 bits per heavy atom. The molecule has 3 N–H and O–H groups in total. The minimum atomic E-state index is -0.777. The number of aliphatic carboxylic acids is 1. The van der Waals surface area contributed by atoms with Crippen molar-refractivity contribution >= 4 is 11.9 Å². The summed E-state index contributed by atoms with van der Waals surface area (Å²) in [4.78, 5) is 25.4. The van der Waals surface area contributed by atoms with Crippen LogP contribution in [0.15, 0.2) is 60.7 Å². The molecule has 0 spiro atoms. The molecule has 0 bridgehead atoms. The van der Waals surface area contributed by atoms with E-state index in [4.69, 9.17) is 24.1 Å². The fraction of sp³-hybridized carbons (Fsp3) is 0.474. The second-order valence-corrected chi connectivity index (χ2v) is 12.6. The molecule has 10 heteroatoms. The van der Waals surface area contributed by atoms with Gasteiger partial charge in [-0.1, -0.05) is 61.4 Å².